The van der Waals surface area contributed by atoms with Crippen LogP contribution in [0.25, 0.3) is 12.2 Å². The fraction of sp³-hybridized carbons (Fsp3) is 0.167. The molecule has 0 radical (unpaired) electrons. The van der Waals surface area contributed by atoms with Crippen molar-refractivity contribution in [3.8, 4) is 23.0 Å². The number of ether oxygens (including phenoxy) is 4. The Balaban J connectivity index is 2.04. The number of carbonyl (C=O) groups excluding carboxylic acids is 2. The first-order valence-corrected chi connectivity index (χ1v) is 9.41. The average molecular weight is 440 g/mol. The molecule has 2 N–H and O–H groups in total. The van der Waals surface area contributed by atoms with Crippen molar-refractivity contribution in [2.75, 3.05) is 27.9 Å². The Morgan fingerprint density at radius 2 is 1.50 bits per heavy atom. The molecule has 2 aromatic carbocycles. The van der Waals surface area contributed by atoms with Crippen LogP contribution in [0.15, 0.2) is 60.4 Å². The van der Waals surface area contributed by atoms with E-state index in [1.165, 1.54) is 45.6 Å². The number of benzene rings is 2. The van der Waals surface area contributed by atoms with Crippen LogP contribution in [0.2, 0.25) is 0 Å². The Kier molecular flexibility index (Phi) is 8.91. The van der Waals surface area contributed by atoms with E-state index in [-0.39, 0.29) is 23.9 Å². The minimum atomic E-state index is -0.519. The van der Waals surface area contributed by atoms with Gasteiger partial charge in [-0.1, -0.05) is 24.3 Å². The highest BCUT2D eigenvalue weighted by Gasteiger charge is 2.08. The molecule has 0 aliphatic rings. The number of hydrogen-bond donors (Lipinski definition) is 2. The SMILES string of the molecule is COC(=O)COc1ccc(/C=C/C(O)=C/C(=O)/C=C/c2ccc(O)c(OC)c2)cc1OC. The first-order valence-electron chi connectivity index (χ1n) is 9.41. The van der Waals surface area contributed by atoms with E-state index in [1.54, 1.807) is 36.4 Å². The highest BCUT2D eigenvalue weighted by Crippen LogP contribution is 2.29. The molecule has 8 nitrogen and oxygen atoms in total. The monoisotopic (exact) mass is 440 g/mol. The molecule has 0 saturated carbocycles. The number of phenols is 1. The van der Waals surface area contributed by atoms with Crippen molar-refractivity contribution in [3.05, 3.63) is 71.5 Å². The molecule has 0 aliphatic carbocycles. The van der Waals surface area contributed by atoms with Gasteiger partial charge in [-0.05, 0) is 47.5 Å². The lowest BCUT2D eigenvalue weighted by Gasteiger charge is -2.10. The van der Waals surface area contributed by atoms with Crippen molar-refractivity contribution in [2.24, 2.45) is 0 Å². The van der Waals surface area contributed by atoms with Gasteiger partial charge >= 0.3 is 5.97 Å². The number of aromatic hydroxyl groups is 1. The van der Waals surface area contributed by atoms with Crippen LogP contribution >= 0.6 is 0 Å². The molecule has 0 saturated heterocycles. The molecular formula is C24H24O8. The average Bonchev–Trinajstić information content (AvgIpc) is 2.80. The van der Waals surface area contributed by atoms with Gasteiger partial charge in [0, 0.05) is 6.08 Å². The molecule has 0 amide bonds. The van der Waals surface area contributed by atoms with Crippen molar-refractivity contribution in [3.63, 3.8) is 0 Å². The standard InChI is InChI=1S/C24H24O8/c1-29-22-12-16(6-10-20(22)27)4-8-18(25)14-19(26)9-5-17-7-11-21(23(13-17)30-2)32-15-24(28)31-3/h4-14,26-27H,15H2,1-3H3/b8-4+,9-5+,19-14-. The lowest BCUT2D eigenvalue weighted by Crippen LogP contribution is -2.12. The molecule has 0 bridgehead atoms. The fourth-order valence-corrected chi connectivity index (χ4v) is 2.50. The highest BCUT2D eigenvalue weighted by atomic mass is 16.6. The topological polar surface area (TPSA) is 112 Å². The zero-order chi connectivity index (χ0) is 23.5. The smallest absolute Gasteiger partial charge is 0.343 e. The van der Waals surface area contributed by atoms with E-state index in [0.29, 0.717) is 22.6 Å². The number of esters is 1. The summed E-state index contributed by atoms with van der Waals surface area (Å²) in [6.07, 6.45) is 6.83. The number of allylic oxidation sites excluding steroid dienone is 3. The maximum atomic E-state index is 12.0. The van der Waals surface area contributed by atoms with Crippen LogP contribution in [0.1, 0.15) is 11.1 Å². The van der Waals surface area contributed by atoms with Crippen LogP contribution in [0, 0.1) is 0 Å². The zero-order valence-corrected chi connectivity index (χ0v) is 17.9. The lowest BCUT2D eigenvalue weighted by molar-refractivity contribution is -0.142. The number of phenolic OH excluding ortho intramolecular Hbond substituents is 1. The van der Waals surface area contributed by atoms with Crippen LogP contribution in [0.5, 0.6) is 23.0 Å². The maximum Gasteiger partial charge on any atom is 0.343 e. The summed E-state index contributed by atoms with van der Waals surface area (Å²) in [6.45, 7) is -0.252. The van der Waals surface area contributed by atoms with Crippen molar-refractivity contribution in [1.82, 2.24) is 0 Å². The number of aliphatic hydroxyl groups is 1. The molecule has 0 unspecified atom stereocenters. The maximum absolute atomic E-state index is 12.0. The van der Waals surface area contributed by atoms with Gasteiger partial charge in [0.05, 0.1) is 21.3 Å². The zero-order valence-electron chi connectivity index (χ0n) is 17.9. The molecule has 2 aromatic rings. The first kappa shape index (κ1) is 24.1. The summed E-state index contributed by atoms with van der Waals surface area (Å²) < 4.78 is 20.1. The lowest BCUT2D eigenvalue weighted by atomic mass is 10.1. The molecule has 8 heteroatoms. The van der Waals surface area contributed by atoms with Gasteiger partial charge in [0.15, 0.2) is 35.4 Å². The summed E-state index contributed by atoms with van der Waals surface area (Å²) in [5, 5.41) is 19.6. The van der Waals surface area contributed by atoms with Crippen LogP contribution in [0.3, 0.4) is 0 Å². The molecule has 2 rings (SSSR count). The number of carbonyl (C=O) groups is 2. The molecule has 0 spiro atoms. The van der Waals surface area contributed by atoms with Crippen molar-refractivity contribution in [1.29, 1.82) is 0 Å². The van der Waals surface area contributed by atoms with Gasteiger partial charge in [0.25, 0.3) is 0 Å². The Labute approximate surface area is 185 Å². The van der Waals surface area contributed by atoms with E-state index in [9.17, 15) is 19.8 Å². The van der Waals surface area contributed by atoms with E-state index in [2.05, 4.69) is 4.74 Å². The van der Waals surface area contributed by atoms with E-state index in [0.717, 1.165) is 6.08 Å². The van der Waals surface area contributed by atoms with Gasteiger partial charge in [-0.2, -0.15) is 0 Å². The van der Waals surface area contributed by atoms with Gasteiger partial charge in [0.2, 0.25) is 0 Å². The number of methoxy groups -OCH3 is 3. The van der Waals surface area contributed by atoms with Gasteiger partial charge in [-0.25, -0.2) is 4.79 Å². The highest BCUT2D eigenvalue weighted by molar-refractivity contribution is 6.02. The third kappa shape index (κ3) is 7.24. The van der Waals surface area contributed by atoms with E-state index >= 15 is 0 Å². The fourth-order valence-electron chi connectivity index (χ4n) is 2.50. The van der Waals surface area contributed by atoms with Crippen LogP contribution in [0.4, 0.5) is 0 Å². The minimum Gasteiger partial charge on any atom is -0.508 e. The summed E-state index contributed by atoms with van der Waals surface area (Å²) >= 11 is 0. The second kappa shape index (κ2) is 11.8. The third-order valence-corrected chi connectivity index (χ3v) is 4.14. The molecule has 32 heavy (non-hydrogen) atoms. The molecule has 168 valence electrons. The van der Waals surface area contributed by atoms with E-state index < -0.39 is 11.8 Å². The summed E-state index contributed by atoms with van der Waals surface area (Å²) in [5.41, 5.74) is 1.32. The molecule has 0 aliphatic heterocycles. The molecular weight excluding hydrogens is 416 g/mol. The molecule has 0 aromatic heterocycles. The Morgan fingerprint density at radius 1 is 0.875 bits per heavy atom. The van der Waals surface area contributed by atoms with E-state index in [1.807, 2.05) is 0 Å². The Hall–Kier alpha value is -4.20. The summed E-state index contributed by atoms with van der Waals surface area (Å²) in [7, 11) is 4.15. The van der Waals surface area contributed by atoms with Gasteiger partial charge in [0.1, 0.15) is 5.76 Å². The quantitative estimate of drug-likeness (QED) is 0.249. The summed E-state index contributed by atoms with van der Waals surface area (Å²) in [5.74, 6) is -0.147. The third-order valence-electron chi connectivity index (χ3n) is 4.14. The first-order chi connectivity index (χ1) is 15.4. The Bertz CT molecular complexity index is 1050. The van der Waals surface area contributed by atoms with Gasteiger partial charge in [-0.15, -0.1) is 0 Å². The number of rotatable bonds is 10. The van der Waals surface area contributed by atoms with Crippen molar-refractivity contribution >= 4 is 23.9 Å². The predicted molar refractivity (Wildman–Crippen MR) is 119 cm³/mol. The predicted octanol–water partition coefficient (Wildman–Crippen LogP) is 3.70. The van der Waals surface area contributed by atoms with Gasteiger partial charge in [-0.3, -0.25) is 4.79 Å². The second-order valence-electron chi connectivity index (χ2n) is 6.34. The number of aliphatic hydroxyl groups excluding tert-OH is 1. The Morgan fingerprint density at radius 3 is 2.16 bits per heavy atom. The molecule has 0 heterocycles. The molecule has 0 fully saturated rings. The van der Waals surface area contributed by atoms with Crippen LogP contribution in [-0.2, 0) is 14.3 Å². The van der Waals surface area contributed by atoms with Gasteiger partial charge < -0.3 is 29.2 Å². The minimum absolute atomic E-state index is 0.00153. The summed E-state index contributed by atoms with van der Waals surface area (Å²) in [4.78, 5) is 23.2. The second-order valence-corrected chi connectivity index (χ2v) is 6.34. The largest absolute Gasteiger partial charge is 0.508 e. The number of hydrogen-bond acceptors (Lipinski definition) is 8. The van der Waals surface area contributed by atoms with E-state index in [4.69, 9.17) is 14.2 Å². The van der Waals surface area contributed by atoms with Crippen molar-refractivity contribution in [2.45, 2.75) is 0 Å². The van der Waals surface area contributed by atoms with Crippen LogP contribution < -0.4 is 14.2 Å². The normalized spacial score (nSPS) is 11.5. The molecule has 0 atom stereocenters. The summed E-state index contributed by atoms with van der Waals surface area (Å²) in [6, 6.07) is 9.61. The van der Waals surface area contributed by atoms with Crippen LogP contribution in [-0.4, -0.2) is 49.9 Å². The van der Waals surface area contributed by atoms with Crippen molar-refractivity contribution < 1.29 is 38.7 Å². The number of ketones is 1.